The van der Waals surface area contributed by atoms with Crippen molar-refractivity contribution >= 4 is 16.7 Å². The number of aromatic amines is 1. The molecule has 0 saturated heterocycles. The fraction of sp³-hybridized carbons (Fsp3) is 0.120. The standard InChI is InChI=1S/C25H21F2N7/c1-14-4-2-7-20(31-14)25-24(15-8-9-18-21(10-15)32-16(11-28)12-29-18)33-22(34-25)13-30-19-6-3-5-17(26)23(19)27/h2-10,12,30H,11,13,28H2,1H3,(H,33,34). The lowest BCUT2D eigenvalue weighted by molar-refractivity contribution is 0.511. The molecule has 0 atom stereocenters. The highest BCUT2D eigenvalue weighted by molar-refractivity contribution is 5.84. The van der Waals surface area contributed by atoms with Gasteiger partial charge >= 0.3 is 0 Å². The van der Waals surface area contributed by atoms with Gasteiger partial charge in [0.25, 0.3) is 0 Å². The zero-order chi connectivity index (χ0) is 23.7. The number of hydrogen-bond donors (Lipinski definition) is 3. The van der Waals surface area contributed by atoms with E-state index in [1.54, 1.807) is 6.20 Å². The molecule has 0 saturated carbocycles. The first-order valence-corrected chi connectivity index (χ1v) is 10.7. The highest BCUT2D eigenvalue weighted by atomic mass is 19.2. The first-order valence-electron chi connectivity index (χ1n) is 10.7. The molecule has 2 aromatic carbocycles. The quantitative estimate of drug-likeness (QED) is 0.340. The van der Waals surface area contributed by atoms with E-state index >= 15 is 0 Å². The van der Waals surface area contributed by atoms with Crippen LogP contribution in [0.4, 0.5) is 14.5 Å². The molecule has 0 bridgehead atoms. The summed E-state index contributed by atoms with van der Waals surface area (Å²) in [7, 11) is 0. The van der Waals surface area contributed by atoms with Crippen LogP contribution >= 0.6 is 0 Å². The summed E-state index contributed by atoms with van der Waals surface area (Å²) in [6.45, 7) is 2.36. The summed E-state index contributed by atoms with van der Waals surface area (Å²) < 4.78 is 27.6. The number of halogens is 2. The van der Waals surface area contributed by atoms with E-state index in [-0.39, 0.29) is 12.2 Å². The number of hydrogen-bond acceptors (Lipinski definition) is 6. The van der Waals surface area contributed by atoms with Crippen molar-refractivity contribution in [3.05, 3.63) is 89.6 Å². The Hall–Kier alpha value is -4.24. The van der Waals surface area contributed by atoms with Gasteiger partial charge < -0.3 is 16.0 Å². The van der Waals surface area contributed by atoms with E-state index in [0.717, 1.165) is 28.5 Å². The lowest BCUT2D eigenvalue weighted by Gasteiger charge is -2.06. The molecule has 0 aliphatic carbocycles. The third-order valence-corrected chi connectivity index (χ3v) is 5.37. The number of benzene rings is 2. The van der Waals surface area contributed by atoms with Crippen LogP contribution in [0.15, 0.2) is 60.8 Å². The van der Waals surface area contributed by atoms with Crippen molar-refractivity contribution in [2.75, 3.05) is 5.32 Å². The van der Waals surface area contributed by atoms with Gasteiger partial charge in [-0.15, -0.1) is 0 Å². The van der Waals surface area contributed by atoms with Crippen LogP contribution in [0.25, 0.3) is 33.7 Å². The van der Waals surface area contributed by atoms with Crippen molar-refractivity contribution in [2.24, 2.45) is 5.73 Å². The SMILES string of the molecule is Cc1cccc(-c2nc(CNc3cccc(F)c3F)[nH]c2-c2ccc3ncc(CN)nc3c2)n1. The van der Waals surface area contributed by atoms with Gasteiger partial charge in [0.1, 0.15) is 11.5 Å². The van der Waals surface area contributed by atoms with Gasteiger partial charge in [-0.3, -0.25) is 9.97 Å². The summed E-state index contributed by atoms with van der Waals surface area (Å²) in [5, 5.41) is 2.90. The Labute approximate surface area is 194 Å². The predicted octanol–water partition coefficient (Wildman–Crippen LogP) is 4.74. The monoisotopic (exact) mass is 457 g/mol. The highest BCUT2D eigenvalue weighted by Gasteiger charge is 2.17. The van der Waals surface area contributed by atoms with E-state index in [4.69, 9.17) is 10.7 Å². The molecule has 4 N–H and O–H groups in total. The molecule has 7 nitrogen and oxygen atoms in total. The van der Waals surface area contributed by atoms with E-state index in [2.05, 4.69) is 25.3 Å². The summed E-state index contributed by atoms with van der Waals surface area (Å²) in [6.07, 6.45) is 1.66. The number of nitrogens with two attached hydrogens (primary N) is 1. The average Bonchev–Trinajstić information content (AvgIpc) is 3.28. The fourth-order valence-electron chi connectivity index (χ4n) is 3.70. The second-order valence-corrected chi connectivity index (χ2v) is 7.80. The smallest absolute Gasteiger partial charge is 0.181 e. The molecule has 0 aliphatic heterocycles. The fourth-order valence-corrected chi connectivity index (χ4v) is 3.70. The largest absolute Gasteiger partial charge is 0.375 e. The van der Waals surface area contributed by atoms with Crippen molar-refractivity contribution in [1.82, 2.24) is 24.9 Å². The number of fused-ring (bicyclic) bond motifs is 1. The molecule has 5 rings (SSSR count). The summed E-state index contributed by atoms with van der Waals surface area (Å²) in [4.78, 5) is 21.6. The summed E-state index contributed by atoms with van der Waals surface area (Å²) in [5.41, 5.74) is 11.7. The van der Waals surface area contributed by atoms with Gasteiger partial charge in [0.15, 0.2) is 11.6 Å². The molecular formula is C25H21F2N7. The van der Waals surface area contributed by atoms with Gasteiger partial charge in [-0.05, 0) is 43.3 Å². The topological polar surface area (TPSA) is 105 Å². The number of imidazole rings is 1. The molecule has 34 heavy (non-hydrogen) atoms. The molecule has 0 fully saturated rings. The Kier molecular flexibility index (Phi) is 5.69. The molecular weight excluding hydrogens is 436 g/mol. The van der Waals surface area contributed by atoms with Crippen LogP contribution in [0.2, 0.25) is 0 Å². The molecule has 0 spiro atoms. The van der Waals surface area contributed by atoms with E-state index < -0.39 is 11.6 Å². The Bertz CT molecular complexity index is 1500. The summed E-state index contributed by atoms with van der Waals surface area (Å²) in [6, 6.07) is 15.4. The van der Waals surface area contributed by atoms with Crippen molar-refractivity contribution in [1.29, 1.82) is 0 Å². The number of H-pyrrole nitrogens is 1. The number of aryl methyl sites for hydroxylation is 1. The minimum absolute atomic E-state index is 0.0588. The van der Waals surface area contributed by atoms with Crippen LogP contribution in [0.5, 0.6) is 0 Å². The lowest BCUT2D eigenvalue weighted by Crippen LogP contribution is -2.04. The maximum absolute atomic E-state index is 14.1. The Morgan fingerprint density at radius 2 is 1.82 bits per heavy atom. The zero-order valence-corrected chi connectivity index (χ0v) is 18.3. The Balaban J connectivity index is 1.57. The Morgan fingerprint density at radius 1 is 0.971 bits per heavy atom. The van der Waals surface area contributed by atoms with E-state index in [9.17, 15) is 8.78 Å². The number of nitrogens with zero attached hydrogens (tertiary/aromatic N) is 4. The average molecular weight is 457 g/mol. The molecule has 0 unspecified atom stereocenters. The van der Waals surface area contributed by atoms with Crippen LogP contribution in [0, 0.1) is 18.6 Å². The van der Waals surface area contributed by atoms with Gasteiger partial charge in [0.2, 0.25) is 0 Å². The van der Waals surface area contributed by atoms with Crippen LogP contribution in [0.3, 0.4) is 0 Å². The van der Waals surface area contributed by atoms with E-state index in [1.165, 1.54) is 12.1 Å². The maximum Gasteiger partial charge on any atom is 0.181 e. The third-order valence-electron chi connectivity index (χ3n) is 5.37. The summed E-state index contributed by atoms with van der Waals surface area (Å²) in [5.74, 6) is -1.30. The second kappa shape index (κ2) is 8.95. The number of pyridine rings is 1. The third kappa shape index (κ3) is 4.20. The number of nitrogens with one attached hydrogen (secondary N) is 2. The zero-order valence-electron chi connectivity index (χ0n) is 18.3. The van der Waals surface area contributed by atoms with Crippen molar-refractivity contribution < 1.29 is 8.78 Å². The van der Waals surface area contributed by atoms with E-state index in [0.29, 0.717) is 35.0 Å². The highest BCUT2D eigenvalue weighted by Crippen LogP contribution is 2.31. The van der Waals surface area contributed by atoms with E-state index in [1.807, 2.05) is 43.3 Å². The Morgan fingerprint density at radius 3 is 2.65 bits per heavy atom. The number of rotatable bonds is 6. The van der Waals surface area contributed by atoms with Gasteiger partial charge in [-0.25, -0.2) is 18.7 Å². The minimum Gasteiger partial charge on any atom is -0.375 e. The van der Waals surface area contributed by atoms with Crippen LogP contribution in [0.1, 0.15) is 17.2 Å². The van der Waals surface area contributed by atoms with Crippen molar-refractivity contribution in [2.45, 2.75) is 20.0 Å². The molecule has 0 amide bonds. The summed E-state index contributed by atoms with van der Waals surface area (Å²) >= 11 is 0. The van der Waals surface area contributed by atoms with Crippen molar-refractivity contribution in [3.63, 3.8) is 0 Å². The van der Waals surface area contributed by atoms with Gasteiger partial charge in [-0.1, -0.05) is 18.2 Å². The molecule has 3 heterocycles. The molecule has 9 heteroatoms. The van der Waals surface area contributed by atoms with Crippen LogP contribution in [-0.2, 0) is 13.1 Å². The predicted molar refractivity (Wildman–Crippen MR) is 127 cm³/mol. The molecule has 5 aromatic rings. The van der Waals surface area contributed by atoms with Crippen LogP contribution < -0.4 is 11.1 Å². The molecule has 3 aromatic heterocycles. The first kappa shape index (κ1) is 21.6. The van der Waals surface area contributed by atoms with Crippen LogP contribution in [-0.4, -0.2) is 24.9 Å². The number of aromatic nitrogens is 5. The second-order valence-electron chi connectivity index (χ2n) is 7.80. The normalized spacial score (nSPS) is 11.2. The molecule has 170 valence electrons. The first-order chi connectivity index (χ1) is 16.5. The van der Waals surface area contributed by atoms with Gasteiger partial charge in [-0.2, -0.15) is 0 Å². The lowest BCUT2D eigenvalue weighted by atomic mass is 10.1. The minimum atomic E-state index is -0.932. The van der Waals surface area contributed by atoms with Gasteiger partial charge in [0, 0.05) is 17.8 Å². The maximum atomic E-state index is 14.1. The van der Waals surface area contributed by atoms with Gasteiger partial charge in [0.05, 0.1) is 46.5 Å². The molecule has 0 radical (unpaired) electrons. The van der Waals surface area contributed by atoms with Crippen molar-refractivity contribution in [3.8, 4) is 22.6 Å². The molecule has 0 aliphatic rings. The number of anilines is 1.